The fraction of sp³-hybridized carbons (Fsp3) is 0.692. The molecule has 0 unspecified atom stereocenters. The van der Waals surface area contributed by atoms with Crippen LogP contribution in [0.15, 0.2) is 47.4 Å². The van der Waals surface area contributed by atoms with Gasteiger partial charge in [-0.1, -0.05) is 36.7 Å². The van der Waals surface area contributed by atoms with Crippen molar-refractivity contribution in [1.82, 2.24) is 0 Å². The van der Waals surface area contributed by atoms with Gasteiger partial charge in [0.1, 0.15) is 11.8 Å². The predicted octanol–water partition coefficient (Wildman–Crippen LogP) is 3.81. The van der Waals surface area contributed by atoms with Crippen LogP contribution in [-0.2, 0) is 5.54 Å². The zero-order valence-electron chi connectivity index (χ0n) is 19.0. The van der Waals surface area contributed by atoms with Gasteiger partial charge in [0.25, 0.3) is 0 Å². The first kappa shape index (κ1) is 21.1. The Morgan fingerprint density at radius 1 is 1.06 bits per heavy atom. The number of hydrogen-bond acceptors (Lipinski definition) is 4. The van der Waals surface area contributed by atoms with Crippen LogP contribution in [0.4, 0.5) is 0 Å². The first-order valence-electron chi connectivity index (χ1n) is 12.0. The minimum absolute atomic E-state index is 0.166. The van der Waals surface area contributed by atoms with Gasteiger partial charge in [0, 0.05) is 17.5 Å². The van der Waals surface area contributed by atoms with E-state index < -0.39 is 11.6 Å². The van der Waals surface area contributed by atoms with Crippen molar-refractivity contribution in [3.05, 3.63) is 42.2 Å². The Morgan fingerprint density at radius 3 is 2.52 bits per heavy atom. The summed E-state index contributed by atoms with van der Waals surface area (Å²) in [6.07, 6.45) is 12.3. The predicted molar refractivity (Wildman–Crippen MR) is 119 cm³/mol. The fourth-order valence-corrected chi connectivity index (χ4v) is 8.68. The van der Waals surface area contributed by atoms with Gasteiger partial charge in [-0.3, -0.25) is 0 Å². The van der Waals surface area contributed by atoms with Crippen molar-refractivity contribution in [3.63, 3.8) is 0 Å². The quantitative estimate of drug-likeness (QED) is 0.222. The summed E-state index contributed by atoms with van der Waals surface area (Å²) in [7, 11) is 0. The topological polar surface area (TPSA) is 76.9 Å². The van der Waals surface area contributed by atoms with Crippen molar-refractivity contribution in [3.8, 4) is 0 Å². The maximum atomic E-state index is 11.7. The summed E-state index contributed by atoms with van der Waals surface area (Å²) < 4.78 is 2.11. The minimum Gasteiger partial charge on any atom is -0.411 e. The van der Waals surface area contributed by atoms with Gasteiger partial charge in [-0.05, 0) is 75.0 Å². The van der Waals surface area contributed by atoms with Gasteiger partial charge in [-0.25, -0.2) is 0 Å². The lowest BCUT2D eigenvalue weighted by Crippen LogP contribution is -2.72. The average molecular weight is 426 g/mol. The van der Waals surface area contributed by atoms with E-state index in [4.69, 9.17) is 0 Å². The molecule has 0 aliphatic heterocycles. The smallest absolute Gasteiger partial charge is 0.239 e. The maximum Gasteiger partial charge on any atom is 0.239 e. The molecule has 5 nitrogen and oxygen atoms in total. The summed E-state index contributed by atoms with van der Waals surface area (Å²) in [5.74, 6) is 1.45. The first-order chi connectivity index (χ1) is 14.8. The summed E-state index contributed by atoms with van der Waals surface area (Å²) in [4.78, 5) is 0. The van der Waals surface area contributed by atoms with Crippen molar-refractivity contribution in [2.75, 3.05) is 0 Å². The zero-order valence-corrected chi connectivity index (χ0v) is 19.0. The molecular weight excluding hydrogens is 388 g/mol. The number of aromatic nitrogens is 1. The lowest BCUT2D eigenvalue weighted by atomic mass is 9.46. The summed E-state index contributed by atoms with van der Waals surface area (Å²) in [5, 5.41) is 35.5. The molecule has 0 radical (unpaired) electrons. The maximum absolute atomic E-state index is 11.7. The second-order valence-electron chi connectivity index (χ2n) is 11.1. The van der Waals surface area contributed by atoms with Crippen molar-refractivity contribution < 1.29 is 20.0 Å². The van der Waals surface area contributed by atoms with E-state index in [2.05, 4.69) is 29.6 Å². The highest BCUT2D eigenvalue weighted by atomic mass is 16.4. The lowest BCUT2D eigenvalue weighted by molar-refractivity contribution is -0.766. The van der Waals surface area contributed by atoms with E-state index in [0.29, 0.717) is 23.5 Å². The average Bonchev–Trinajstić information content (AvgIpc) is 3.01. The number of pyridine rings is 1. The monoisotopic (exact) mass is 425 g/mol. The van der Waals surface area contributed by atoms with E-state index in [1.807, 2.05) is 37.5 Å². The second-order valence-corrected chi connectivity index (χ2v) is 11.1. The van der Waals surface area contributed by atoms with Crippen LogP contribution in [0.5, 0.6) is 0 Å². The fourth-order valence-electron chi connectivity index (χ4n) is 8.68. The van der Waals surface area contributed by atoms with Gasteiger partial charge in [0.2, 0.25) is 5.54 Å². The molecule has 0 aromatic carbocycles. The highest BCUT2D eigenvalue weighted by Crippen LogP contribution is 2.68. The molecule has 3 N–H and O–H groups in total. The summed E-state index contributed by atoms with van der Waals surface area (Å²) in [5.41, 5.74) is 1.28. The molecule has 31 heavy (non-hydrogen) atoms. The van der Waals surface area contributed by atoms with Crippen LogP contribution in [0.2, 0.25) is 0 Å². The third-order valence-corrected chi connectivity index (χ3v) is 10.1. The zero-order chi connectivity index (χ0) is 22.0. The SMILES string of the molecule is C/C(=N/O)[C@@]1([n+]2ccccc2)[C@H](O)C[C@@H]2[C@@H]3CC=C4C[C@H](O)CC[C@]4(C)[C@@H]3CC[C@]21C. The van der Waals surface area contributed by atoms with Gasteiger partial charge in [0.05, 0.1) is 6.10 Å². The number of rotatable bonds is 2. The standard InChI is InChI=1S/C26H36N2O3/c1-17(27-31)26(28-13-5-4-6-14-28)23(30)16-22-20-8-7-18-15-19(29)9-11-24(18,2)21(20)10-12-25(22,26)3/h4-7,13-14,19-23,29-30H,8-12,15-16H2,1-3H3/p+1/b27-17-/t19-,20-,21-,22-,23-,24+,25-,26-/m1/s1. The molecule has 0 saturated heterocycles. The van der Waals surface area contributed by atoms with Crippen molar-refractivity contribution in [2.24, 2.45) is 33.7 Å². The van der Waals surface area contributed by atoms with E-state index in [9.17, 15) is 15.4 Å². The van der Waals surface area contributed by atoms with Crippen molar-refractivity contribution in [1.29, 1.82) is 0 Å². The molecule has 1 aromatic rings. The van der Waals surface area contributed by atoms with Gasteiger partial charge in [-0.15, -0.1) is 0 Å². The lowest BCUT2D eigenvalue weighted by Gasteiger charge is -2.58. The van der Waals surface area contributed by atoms with E-state index in [-0.39, 0.29) is 16.9 Å². The normalized spacial score (nSPS) is 47.2. The molecule has 3 saturated carbocycles. The van der Waals surface area contributed by atoms with Crippen molar-refractivity contribution in [2.45, 2.75) is 83.5 Å². The van der Waals surface area contributed by atoms with Gasteiger partial charge >= 0.3 is 0 Å². The van der Waals surface area contributed by atoms with Crippen LogP contribution in [0, 0.1) is 28.6 Å². The molecule has 5 heteroatoms. The molecule has 168 valence electrons. The number of aliphatic hydroxyl groups is 2. The molecule has 5 rings (SSSR count). The number of allylic oxidation sites excluding steroid dienone is 1. The molecule has 8 atom stereocenters. The number of hydrogen-bond donors (Lipinski definition) is 3. The number of aliphatic hydroxyl groups excluding tert-OH is 2. The third-order valence-electron chi connectivity index (χ3n) is 10.1. The summed E-state index contributed by atoms with van der Waals surface area (Å²) >= 11 is 0. The van der Waals surface area contributed by atoms with Gasteiger partial charge < -0.3 is 15.4 Å². The van der Waals surface area contributed by atoms with Gasteiger partial charge in [0.15, 0.2) is 12.4 Å². The molecule has 1 aromatic heterocycles. The highest BCUT2D eigenvalue weighted by Gasteiger charge is 2.74. The van der Waals surface area contributed by atoms with Crippen LogP contribution >= 0.6 is 0 Å². The van der Waals surface area contributed by atoms with Gasteiger partial charge in [-0.2, -0.15) is 4.57 Å². The molecule has 1 heterocycles. The Bertz CT molecular complexity index is 914. The van der Waals surface area contributed by atoms with E-state index in [0.717, 1.165) is 44.9 Å². The second kappa shape index (κ2) is 7.14. The largest absolute Gasteiger partial charge is 0.411 e. The molecule has 0 amide bonds. The summed E-state index contributed by atoms with van der Waals surface area (Å²) in [6.45, 7) is 6.62. The van der Waals surface area contributed by atoms with E-state index >= 15 is 0 Å². The molecule has 0 spiro atoms. The Hall–Kier alpha value is -1.72. The summed E-state index contributed by atoms with van der Waals surface area (Å²) in [6, 6.07) is 5.97. The van der Waals surface area contributed by atoms with E-state index in [1.165, 1.54) is 5.57 Å². The van der Waals surface area contributed by atoms with Crippen LogP contribution in [-0.4, -0.2) is 33.3 Å². The van der Waals surface area contributed by atoms with Crippen LogP contribution in [0.3, 0.4) is 0 Å². The number of nitrogens with zero attached hydrogens (tertiary/aromatic N) is 2. The Morgan fingerprint density at radius 2 is 1.81 bits per heavy atom. The molecule has 3 fully saturated rings. The van der Waals surface area contributed by atoms with Crippen molar-refractivity contribution >= 4 is 5.71 Å². The molecule has 4 aliphatic carbocycles. The molecule has 0 bridgehead atoms. The Kier molecular flexibility index (Phi) is 4.87. The molecular formula is C26H37N2O3+. The van der Waals surface area contributed by atoms with Crippen LogP contribution in [0.25, 0.3) is 0 Å². The molecule has 4 aliphatic rings. The van der Waals surface area contributed by atoms with Crippen LogP contribution < -0.4 is 4.57 Å². The third kappa shape index (κ3) is 2.62. The van der Waals surface area contributed by atoms with E-state index in [1.54, 1.807) is 0 Å². The number of oxime groups is 1. The number of fused-ring (bicyclic) bond motifs is 5. The highest BCUT2D eigenvalue weighted by molar-refractivity contribution is 5.89. The minimum atomic E-state index is -0.744. The Labute approximate surface area is 185 Å². The first-order valence-corrected chi connectivity index (χ1v) is 12.0. The Balaban J connectivity index is 1.61. The van der Waals surface area contributed by atoms with Crippen LogP contribution in [0.1, 0.15) is 65.7 Å².